The summed E-state index contributed by atoms with van der Waals surface area (Å²) in [6.07, 6.45) is 3.19. The summed E-state index contributed by atoms with van der Waals surface area (Å²) in [5.41, 5.74) is 2.69. The second kappa shape index (κ2) is 20.3. The van der Waals surface area contributed by atoms with Gasteiger partial charge in [-0.3, -0.25) is 24.0 Å². The van der Waals surface area contributed by atoms with E-state index in [1.165, 1.54) is 0 Å². The number of benzene rings is 4. The van der Waals surface area contributed by atoms with Gasteiger partial charge >= 0.3 is 0 Å². The number of rotatable bonds is 15. The van der Waals surface area contributed by atoms with Gasteiger partial charge in [-0.2, -0.15) is 0 Å². The van der Waals surface area contributed by atoms with Crippen LogP contribution in [0.5, 0.6) is 0 Å². The highest BCUT2D eigenvalue weighted by Gasteiger charge is 2.51. The maximum atomic E-state index is 14.4. The highest BCUT2D eigenvalue weighted by Crippen LogP contribution is 2.38. The van der Waals surface area contributed by atoms with Crippen LogP contribution >= 0.6 is 0 Å². The van der Waals surface area contributed by atoms with E-state index in [-0.39, 0.29) is 35.5 Å². The summed E-state index contributed by atoms with van der Waals surface area (Å²) in [5, 5.41) is 12.0. The Morgan fingerprint density at radius 2 is 1.30 bits per heavy atom. The van der Waals surface area contributed by atoms with E-state index in [0.717, 1.165) is 32.5 Å². The second-order valence-corrected chi connectivity index (χ2v) is 22.8. The van der Waals surface area contributed by atoms with Crippen LogP contribution in [-0.4, -0.2) is 84.0 Å². The van der Waals surface area contributed by atoms with Gasteiger partial charge in [-0.1, -0.05) is 143 Å². The number of aryl methyl sites for hydroxylation is 1. The van der Waals surface area contributed by atoms with Crippen LogP contribution in [0.15, 0.2) is 121 Å². The zero-order valence-electron chi connectivity index (χ0n) is 37.8. The van der Waals surface area contributed by atoms with Crippen LogP contribution in [0, 0.1) is 0 Å². The lowest BCUT2D eigenvalue weighted by Gasteiger charge is -2.44. The van der Waals surface area contributed by atoms with Crippen molar-refractivity contribution in [2.75, 3.05) is 6.54 Å². The van der Waals surface area contributed by atoms with Gasteiger partial charge in [0.25, 0.3) is 8.32 Å². The largest absolute Gasteiger partial charge is 0.398 e. The molecule has 4 aromatic carbocycles. The average Bonchev–Trinajstić information content (AvgIpc) is 3.91. The van der Waals surface area contributed by atoms with Crippen molar-refractivity contribution in [1.82, 2.24) is 25.4 Å². The second-order valence-electron chi connectivity index (χ2n) is 18.5. The Labute approximate surface area is 378 Å². The smallest absolute Gasteiger partial charge is 0.262 e. The zero-order chi connectivity index (χ0) is 45.4. The lowest BCUT2D eigenvalue weighted by atomic mass is 10.0. The molecule has 7 rings (SSSR count). The molecule has 4 amide bonds. The summed E-state index contributed by atoms with van der Waals surface area (Å²) in [7, 11) is -1.00. The van der Waals surface area contributed by atoms with Gasteiger partial charge in [0.2, 0.25) is 23.6 Å². The summed E-state index contributed by atoms with van der Waals surface area (Å²) in [6, 6.07) is 36.3. The number of amides is 4. The molecule has 2 aliphatic heterocycles. The van der Waals surface area contributed by atoms with Crippen molar-refractivity contribution in [3.05, 3.63) is 133 Å². The zero-order valence-corrected chi connectivity index (χ0v) is 38.8. The van der Waals surface area contributed by atoms with Crippen molar-refractivity contribution in [3.8, 4) is 0 Å². The fraction of sp³-hybridized carbons (Fsp3) is 0.404. The monoisotopic (exact) mass is 881 g/mol. The minimum absolute atomic E-state index is 0.0174. The van der Waals surface area contributed by atoms with Gasteiger partial charge < -0.3 is 29.8 Å². The Balaban J connectivity index is 1.06. The highest BCUT2D eigenvalue weighted by atomic mass is 28.4. The van der Waals surface area contributed by atoms with Gasteiger partial charge in [0, 0.05) is 44.1 Å². The van der Waals surface area contributed by atoms with E-state index in [1.54, 1.807) is 4.90 Å². The Hall–Kier alpha value is -5.85. The van der Waals surface area contributed by atoms with Crippen molar-refractivity contribution in [2.45, 2.75) is 121 Å². The molecule has 2 aliphatic rings. The van der Waals surface area contributed by atoms with Gasteiger partial charge in [0.1, 0.15) is 30.3 Å². The molecule has 1 aromatic heterocycles. The van der Waals surface area contributed by atoms with Crippen molar-refractivity contribution >= 4 is 59.0 Å². The number of ketones is 1. The number of carbonyl (C=O) groups is 5. The van der Waals surface area contributed by atoms with Gasteiger partial charge in [0.05, 0.1) is 0 Å². The predicted molar refractivity (Wildman–Crippen MR) is 254 cm³/mol. The third-order valence-corrected chi connectivity index (χ3v) is 18.2. The van der Waals surface area contributed by atoms with Crippen LogP contribution in [0.25, 0.3) is 10.9 Å². The topological polar surface area (TPSA) is 139 Å². The third-order valence-electron chi connectivity index (χ3n) is 13.1. The minimum Gasteiger partial charge on any atom is -0.398 e. The van der Waals surface area contributed by atoms with Gasteiger partial charge in [-0.25, -0.2) is 0 Å². The van der Waals surface area contributed by atoms with Crippen LogP contribution < -0.4 is 26.3 Å². The summed E-state index contributed by atoms with van der Waals surface area (Å²) >= 11 is 0. The Bertz CT molecular complexity index is 2380. The Kier molecular flexibility index (Phi) is 14.7. The van der Waals surface area contributed by atoms with Crippen molar-refractivity contribution in [1.29, 1.82) is 0 Å². The first-order chi connectivity index (χ1) is 30.8. The van der Waals surface area contributed by atoms with Gasteiger partial charge in [0.15, 0.2) is 5.78 Å². The quantitative estimate of drug-likeness (QED) is 0.0884. The predicted octanol–water partition coefficient (Wildman–Crippen LogP) is 5.91. The number of hydrogen-bond acceptors (Lipinski definition) is 6. The first-order valence-corrected chi connectivity index (χ1v) is 24.8. The molecular formula is C52H63N5O6Si. The molecule has 0 unspecified atom stereocenters. The average molecular weight is 882 g/mol. The Morgan fingerprint density at radius 3 is 1.94 bits per heavy atom. The number of unbranched alkanes of at least 4 members (excludes halogenated alkanes) is 2. The van der Waals surface area contributed by atoms with E-state index in [0.29, 0.717) is 51.5 Å². The number of fused-ring (bicyclic) bond motifs is 2. The van der Waals surface area contributed by atoms with Gasteiger partial charge in [-0.05, 0) is 71.1 Å². The molecule has 2 saturated heterocycles. The van der Waals surface area contributed by atoms with Crippen LogP contribution in [0.3, 0.4) is 0 Å². The standard InChI is InChI=1S/C52H63N5O6Si/c1-36(63-64(52(2,3)4,40-24-12-7-13-25-40)41-26-14-8-15-27-41)47(58)31-17-9-16-28-42-48(59)54-43(35-39-34-38-23-18-19-29-45(38)56(39)5)49(60)55-44(33-37-21-10-6-11-22-37)51(62)57-32-20-30-46(57)50(61)53-42/h6-8,10-15,18-19,21-27,29,34,36,42-44,46H,9,16-17,20,28,30-33,35H2,1-5H3,(H,53,61)(H,54,59)(H,55,60)/t36-,42-,43-,44-,46+/m0/s1. The highest BCUT2D eigenvalue weighted by molar-refractivity contribution is 6.99. The molecule has 0 spiro atoms. The number of nitrogens with one attached hydrogen (secondary N) is 3. The lowest BCUT2D eigenvalue weighted by molar-refractivity contribution is -0.143. The first kappa shape index (κ1) is 46.1. The molecule has 12 heteroatoms. The molecular weight excluding hydrogens is 819 g/mol. The normalized spacial score (nSPS) is 20.4. The lowest BCUT2D eigenvalue weighted by Crippen LogP contribution is -2.68. The van der Waals surface area contributed by atoms with E-state index in [1.807, 2.05) is 116 Å². The van der Waals surface area contributed by atoms with Crippen molar-refractivity contribution in [3.63, 3.8) is 0 Å². The summed E-state index contributed by atoms with van der Waals surface area (Å²) < 4.78 is 9.08. The minimum atomic E-state index is -2.93. The van der Waals surface area contributed by atoms with E-state index in [4.69, 9.17) is 4.43 Å². The molecule has 5 atom stereocenters. The SMILES string of the molecule is C[C@H](O[Si](c1ccccc1)(c1ccccc1)C(C)(C)C)C(=O)CCCCC[C@@H]1NC(=O)[C@H]2CCCN2C(=O)[C@H](Cc2ccccc2)NC(=O)[C@H](Cc2cc3ccccc3n2C)NC1=O. The molecule has 3 N–H and O–H groups in total. The Morgan fingerprint density at radius 1 is 0.719 bits per heavy atom. The van der Waals surface area contributed by atoms with E-state index < -0.39 is 50.4 Å². The molecule has 0 saturated carbocycles. The number of para-hydroxylation sites is 1. The number of nitrogens with zero attached hydrogens (tertiary/aromatic N) is 2. The maximum Gasteiger partial charge on any atom is 0.262 e. The first-order valence-electron chi connectivity index (χ1n) is 22.9. The van der Waals surface area contributed by atoms with E-state index >= 15 is 0 Å². The molecule has 5 aromatic rings. The van der Waals surface area contributed by atoms with Crippen LogP contribution in [0.2, 0.25) is 5.04 Å². The number of hydrogen-bond donors (Lipinski definition) is 3. The summed E-state index contributed by atoms with van der Waals surface area (Å²) in [6.45, 7) is 8.81. The maximum absolute atomic E-state index is 14.4. The molecule has 0 bridgehead atoms. The van der Waals surface area contributed by atoms with Crippen LogP contribution in [-0.2, 0) is 48.3 Å². The van der Waals surface area contributed by atoms with E-state index in [2.05, 4.69) is 61.0 Å². The summed E-state index contributed by atoms with van der Waals surface area (Å²) in [5.74, 6) is -1.62. The van der Waals surface area contributed by atoms with Crippen molar-refractivity contribution in [2.24, 2.45) is 7.05 Å². The number of aromatic nitrogens is 1. The number of carbonyl (C=O) groups excluding carboxylic acids is 5. The van der Waals surface area contributed by atoms with Crippen molar-refractivity contribution < 1.29 is 28.4 Å². The fourth-order valence-corrected chi connectivity index (χ4v) is 14.3. The fourth-order valence-electron chi connectivity index (χ4n) is 9.64. The molecule has 0 aliphatic carbocycles. The third kappa shape index (κ3) is 10.2. The summed E-state index contributed by atoms with van der Waals surface area (Å²) in [4.78, 5) is 72.6. The van der Waals surface area contributed by atoms with Crippen LogP contribution in [0.1, 0.15) is 83.9 Å². The van der Waals surface area contributed by atoms with E-state index in [9.17, 15) is 24.0 Å². The number of Topliss-reactive ketones (excluding diaryl/α,β-unsaturated/α-hetero) is 1. The van der Waals surface area contributed by atoms with Gasteiger partial charge in [-0.15, -0.1) is 0 Å². The molecule has 0 radical (unpaired) electrons. The molecule has 336 valence electrons. The molecule has 3 heterocycles. The molecule has 64 heavy (non-hydrogen) atoms. The van der Waals surface area contributed by atoms with Crippen LogP contribution in [0.4, 0.5) is 0 Å². The molecule has 2 fully saturated rings. The molecule has 11 nitrogen and oxygen atoms in total.